The molecule has 0 saturated heterocycles. The zero-order chi connectivity index (χ0) is 78.9. The molecule has 0 aliphatic carbocycles. The van der Waals surface area contributed by atoms with E-state index in [1.165, 1.54) is 45.4 Å². The highest BCUT2D eigenvalue weighted by Crippen LogP contribution is 2.39. The third-order valence-electron chi connectivity index (χ3n) is 12.8. The van der Waals surface area contributed by atoms with E-state index in [1.807, 2.05) is 41.5 Å². The van der Waals surface area contributed by atoms with Gasteiger partial charge in [-0.05, 0) is 126 Å². The highest BCUT2D eigenvalue weighted by Gasteiger charge is 2.24. The molecule has 37 heteroatoms. The molecular weight excluding hydrogens is 1530 g/mol. The number of aromatic nitrogens is 5. The summed E-state index contributed by atoms with van der Waals surface area (Å²) < 4.78 is 61.3. The lowest BCUT2D eigenvalue weighted by molar-refractivity contribution is 0.0689. The summed E-state index contributed by atoms with van der Waals surface area (Å²) in [5, 5.41) is 20.4. The van der Waals surface area contributed by atoms with Crippen LogP contribution in [0.2, 0.25) is 30.8 Å². The number of nitrogens with two attached hydrogens (primary N) is 2. The van der Waals surface area contributed by atoms with Crippen molar-refractivity contribution in [2.45, 2.75) is 87.9 Å². The maximum atomic E-state index is 12.5. The van der Waals surface area contributed by atoms with E-state index in [9.17, 15) is 33.6 Å². The van der Waals surface area contributed by atoms with Crippen LogP contribution in [0.25, 0.3) is 22.3 Å². The molecular formula is C70H85Cl6N11O20. The fourth-order valence-corrected chi connectivity index (χ4v) is 9.37. The number of ether oxygens (including phenoxy) is 8. The van der Waals surface area contributed by atoms with Gasteiger partial charge in [0.05, 0.1) is 54.7 Å². The number of ketones is 3. The number of carbonyl (C=O) groups is 6. The first-order valence-corrected chi connectivity index (χ1v) is 33.9. The number of oxazole rings is 4. The van der Waals surface area contributed by atoms with Crippen molar-refractivity contribution in [1.29, 1.82) is 0 Å². The van der Waals surface area contributed by atoms with Crippen molar-refractivity contribution in [2.75, 3.05) is 108 Å². The summed E-state index contributed by atoms with van der Waals surface area (Å²) >= 11 is 35.7. The molecule has 0 bridgehead atoms. The number of rotatable bonds is 29. The number of nitrogens with one attached hydrogen (secondary N) is 5. The highest BCUT2D eigenvalue weighted by molar-refractivity contribution is 6.38. The second-order valence-electron chi connectivity index (χ2n) is 22.4. The molecule has 5 heterocycles. The summed E-state index contributed by atoms with van der Waals surface area (Å²) in [4.78, 5) is 101. The number of anilines is 5. The fourth-order valence-electron chi connectivity index (χ4n) is 8.08. The van der Waals surface area contributed by atoms with Gasteiger partial charge in [0.25, 0.3) is 34.5 Å². The maximum Gasteiger partial charge on any atom is 0.357 e. The van der Waals surface area contributed by atoms with Gasteiger partial charge in [0.2, 0.25) is 0 Å². The van der Waals surface area contributed by atoms with Crippen LogP contribution in [0.3, 0.4) is 0 Å². The van der Waals surface area contributed by atoms with Crippen LogP contribution < -0.4 is 57.1 Å². The molecule has 2 amide bonds. The minimum absolute atomic E-state index is 0. The van der Waals surface area contributed by atoms with Crippen LogP contribution >= 0.6 is 69.6 Å². The molecule has 9 aromatic rings. The lowest BCUT2D eigenvalue weighted by Crippen LogP contribution is -2.16. The molecule has 0 saturated carbocycles. The number of Topliss-reactive ketones (excluding diaryl/α,β-unsaturated/α-hetero) is 3. The van der Waals surface area contributed by atoms with Gasteiger partial charge < -0.3 is 98.4 Å². The molecule has 0 aliphatic rings. The Balaban J connectivity index is 0.000000353. The predicted molar refractivity (Wildman–Crippen MR) is 409 cm³/mol. The van der Waals surface area contributed by atoms with Crippen molar-refractivity contribution < 1.29 is 89.4 Å². The van der Waals surface area contributed by atoms with Gasteiger partial charge in [-0.2, -0.15) is 19.9 Å². The van der Waals surface area contributed by atoms with E-state index in [1.54, 1.807) is 70.9 Å². The quantitative estimate of drug-likeness (QED) is 0.0123. The van der Waals surface area contributed by atoms with Crippen molar-refractivity contribution in [1.82, 2.24) is 24.9 Å². The molecule has 31 nitrogen and oxygen atoms in total. The normalized spacial score (nSPS) is 10.5. The zero-order valence-corrected chi connectivity index (χ0v) is 64.3. The van der Waals surface area contributed by atoms with E-state index in [-0.39, 0.29) is 133 Å². The van der Waals surface area contributed by atoms with Gasteiger partial charge in [-0.25, -0.2) is 4.79 Å². The van der Waals surface area contributed by atoms with Crippen molar-refractivity contribution in [3.63, 3.8) is 0 Å². The largest absolute Gasteiger partial charge is 0.490 e. The number of fused-ring (bicyclic) bond motifs is 1. The molecule has 107 heavy (non-hydrogen) atoms. The monoisotopic (exact) mass is 1610 g/mol. The molecule has 0 aliphatic heterocycles. The van der Waals surface area contributed by atoms with E-state index < -0.39 is 17.8 Å². The molecule has 582 valence electrons. The Morgan fingerprint density at radius 2 is 0.869 bits per heavy atom. The van der Waals surface area contributed by atoms with Crippen LogP contribution in [0.5, 0.6) is 23.0 Å². The van der Waals surface area contributed by atoms with Crippen LogP contribution in [0.15, 0.2) is 102 Å². The van der Waals surface area contributed by atoms with E-state index in [4.69, 9.17) is 137 Å². The number of carboxylic acid groups (broad SMARTS) is 1. The van der Waals surface area contributed by atoms with Gasteiger partial charge >= 0.3 is 5.97 Å². The highest BCUT2D eigenvalue weighted by atomic mass is 35.5. The number of pyridine rings is 1. The number of carbonyl (C=O) groups excluding carboxylic acids is 5. The second-order valence-corrected chi connectivity index (χ2v) is 24.6. The summed E-state index contributed by atoms with van der Waals surface area (Å²) in [5.74, 6) is -1.39. The van der Waals surface area contributed by atoms with Crippen molar-refractivity contribution in [2.24, 2.45) is 5.73 Å². The van der Waals surface area contributed by atoms with Crippen LogP contribution in [-0.2, 0) is 18.9 Å². The van der Waals surface area contributed by atoms with E-state index in [2.05, 4.69) is 50.6 Å². The number of hydrogen-bond donors (Lipinski definition) is 8. The van der Waals surface area contributed by atoms with Gasteiger partial charge in [-0.1, -0.05) is 67.7 Å². The lowest BCUT2D eigenvalue weighted by atomic mass is 10.1. The summed E-state index contributed by atoms with van der Waals surface area (Å²) in [6, 6.07) is 15.5. The van der Waals surface area contributed by atoms with Crippen LogP contribution in [0.4, 0.5) is 29.1 Å². The van der Waals surface area contributed by atoms with Gasteiger partial charge in [0.15, 0.2) is 39.9 Å². The number of H-pyrrole nitrogens is 1. The fraction of sp³-hybridized carbons (Fsp3) is 0.357. The number of aromatic carboxylic acids is 1. The van der Waals surface area contributed by atoms with E-state index in [0.29, 0.717) is 108 Å². The number of nitrogens with zero attached hydrogens (tertiary/aromatic N) is 4. The SMILES string of the molecule is C.CC(C)N.COCCOc1ccc(C(C)=O)c(N)c1Cl.COCCOc1ccc(C(C)=O)c(NC(=O)c2coc(Cl)n2)c1Cl.COCCOc1ccc(C(C)=O)c(NC(=O)c2coc(NC(C)C)n2)c1Cl.COCCOc1ccc2c(=O)cc(-c3coc(NC(C)C)n3)[nH]c2c1Cl.O=C(O)c1coc(Cl)n1. The standard InChI is InChI=1S/C18H22ClN3O5.C18H20ClN3O4.C15H14Cl2N2O5.C11H14ClNO3.C4H2ClNO3.C3H9N.CH4/c1-10(2)20-18-21-13(9-27-18)17(24)22-16-12(11(3)23)5-6-14(15(16)19)26-8-7-25-4;1-10(2)20-18-22-13(9-26-18)12-8-14(23)11-4-5-15(25-7-6-24-3)16(19)17(11)21-12;1-8(20)9-3-4-11(23-6-5-22-2)12(16)13(9)19-14(21)10-7-24-15(17)18-10;1-7(14)8-3-4-9(10(12)11(8)13)16-6-5-15-2;5-4-6-2(1-9-4)3(7)8;1-3(2)4;/h5-6,9-10H,7-8H2,1-4H3,(H,20,21)(H,22,24);4-5,8-10H,6-7H2,1-3H3,(H,20,22)(H,21,23);3-4,7H,5-6H2,1-2H3,(H,19,21);3-4H,5-6,13H2,1-2H3;1H,(H,7,8);3H,4H2,1-2H3;1H4. The molecule has 0 atom stereocenters. The maximum absolute atomic E-state index is 12.5. The molecule has 0 unspecified atom stereocenters. The first-order valence-electron chi connectivity index (χ1n) is 31.6. The van der Waals surface area contributed by atoms with Gasteiger partial charge in [0, 0.05) is 68.7 Å². The summed E-state index contributed by atoms with van der Waals surface area (Å²) in [6.45, 7) is 18.8. The topological polar surface area (TPSA) is 434 Å². The van der Waals surface area contributed by atoms with Crippen molar-refractivity contribution >= 4 is 145 Å². The van der Waals surface area contributed by atoms with E-state index >= 15 is 0 Å². The van der Waals surface area contributed by atoms with Crippen molar-refractivity contribution in [3.05, 3.63) is 154 Å². The number of benzene rings is 4. The number of nitrogen functional groups attached to an aromatic ring is 1. The van der Waals surface area contributed by atoms with Gasteiger partial charge in [-0.3, -0.25) is 28.8 Å². The first kappa shape index (κ1) is 91.7. The molecule has 4 aromatic carbocycles. The molecule has 0 radical (unpaired) electrons. The predicted octanol–water partition coefficient (Wildman–Crippen LogP) is 14.9. The third-order valence-corrected chi connectivity index (χ3v) is 14.7. The van der Waals surface area contributed by atoms with Crippen molar-refractivity contribution in [3.8, 4) is 34.4 Å². The Morgan fingerprint density at radius 1 is 0.505 bits per heavy atom. The molecule has 0 spiro atoms. The van der Waals surface area contributed by atoms with Crippen LogP contribution in [0.1, 0.15) is 132 Å². The van der Waals surface area contributed by atoms with Gasteiger partial charge in [0.1, 0.15) is 100 Å². The first-order chi connectivity index (χ1) is 50.3. The average Bonchev–Trinajstić information content (AvgIpc) is 1.69. The van der Waals surface area contributed by atoms with E-state index in [0.717, 1.165) is 12.5 Å². The van der Waals surface area contributed by atoms with Crippen LogP contribution in [0, 0.1) is 0 Å². The molecule has 9 rings (SSSR count). The minimum Gasteiger partial charge on any atom is -0.490 e. The Hall–Kier alpha value is -9.51. The Kier molecular flexibility index (Phi) is 39.9. The zero-order valence-electron chi connectivity index (χ0n) is 59.8. The summed E-state index contributed by atoms with van der Waals surface area (Å²) in [7, 11) is 6.27. The summed E-state index contributed by atoms with van der Waals surface area (Å²) in [6.07, 6.45) is 4.78. The third kappa shape index (κ3) is 29.6. The molecule has 10 N–H and O–H groups in total. The van der Waals surface area contributed by atoms with Gasteiger partial charge in [-0.15, -0.1) is 0 Å². The number of hydrogen-bond acceptors (Lipinski definition) is 27. The number of amides is 2. The second kappa shape index (κ2) is 46.5. The smallest absolute Gasteiger partial charge is 0.357 e. The minimum atomic E-state index is -1.15. The lowest BCUT2D eigenvalue weighted by Gasteiger charge is -2.14. The van der Waals surface area contributed by atoms with Crippen LogP contribution in [-0.4, -0.2) is 165 Å². The number of aromatic amines is 1. The number of carboxylic acids is 1. The number of methoxy groups -OCH3 is 4. The Morgan fingerprint density at radius 3 is 1.25 bits per heavy atom. The summed E-state index contributed by atoms with van der Waals surface area (Å²) in [5.41, 5.74) is 13.5. The Labute approximate surface area is 646 Å². The molecule has 0 fully saturated rings. The Bertz CT molecular complexity index is 4440. The average molecular weight is 1610 g/mol. The number of halogens is 6. The molecule has 5 aromatic heterocycles.